The zero-order chi connectivity index (χ0) is 32.5. The van der Waals surface area contributed by atoms with Crippen molar-refractivity contribution < 1.29 is 4.79 Å². The van der Waals surface area contributed by atoms with Crippen LogP contribution in [0.1, 0.15) is 194 Å². The Kier molecular flexibility index (Phi) is 30.5. The summed E-state index contributed by atoms with van der Waals surface area (Å²) in [5.41, 5.74) is 0. The molecular weight excluding hydrogens is 550 g/mol. The summed E-state index contributed by atoms with van der Waals surface area (Å²) >= 11 is 0. The normalized spacial score (nSPS) is 16.1. The van der Waals surface area contributed by atoms with Gasteiger partial charge in [0.25, 0.3) is 0 Å². The van der Waals surface area contributed by atoms with Crippen molar-refractivity contribution in [3.05, 3.63) is 24.3 Å². The van der Waals surface area contributed by atoms with Crippen LogP contribution in [0.5, 0.6) is 0 Å². The maximum Gasteiger partial charge on any atom is 0.220 e. The Morgan fingerprint density at radius 2 is 1.00 bits per heavy atom. The number of amides is 1. The zero-order valence-electron chi connectivity index (χ0n) is 30.8. The highest BCUT2D eigenvalue weighted by Gasteiger charge is 2.28. The molecule has 1 aliphatic heterocycles. The summed E-state index contributed by atoms with van der Waals surface area (Å²) in [6.07, 6.45) is 46.7. The number of carbonyl (C=O) groups is 1. The van der Waals surface area contributed by atoms with Crippen molar-refractivity contribution in [2.24, 2.45) is 0 Å². The maximum atomic E-state index is 12.4. The lowest BCUT2D eigenvalue weighted by molar-refractivity contribution is -0.121. The van der Waals surface area contributed by atoms with Crippen molar-refractivity contribution >= 4 is 5.91 Å². The van der Waals surface area contributed by atoms with Gasteiger partial charge in [0, 0.05) is 32.6 Å². The van der Waals surface area contributed by atoms with Gasteiger partial charge in [-0.15, -0.1) is 0 Å². The summed E-state index contributed by atoms with van der Waals surface area (Å²) in [5, 5.41) is 3.20. The highest BCUT2D eigenvalue weighted by molar-refractivity contribution is 5.75. The average molecular weight is 630 g/mol. The van der Waals surface area contributed by atoms with Gasteiger partial charge >= 0.3 is 0 Å². The molecule has 0 aliphatic carbocycles. The van der Waals surface area contributed by atoms with Gasteiger partial charge in [0.15, 0.2) is 0 Å². The Morgan fingerprint density at radius 1 is 0.578 bits per heavy atom. The number of likely N-dealkylation sites (N-methyl/N-ethyl adjacent to an activating group) is 1. The van der Waals surface area contributed by atoms with Crippen molar-refractivity contribution in [3.8, 4) is 0 Å². The van der Waals surface area contributed by atoms with Gasteiger partial charge in [-0.1, -0.05) is 147 Å². The molecular formula is C41H79N3O. The van der Waals surface area contributed by atoms with Crippen LogP contribution < -0.4 is 5.32 Å². The Bertz CT molecular complexity index is 690. The van der Waals surface area contributed by atoms with Gasteiger partial charge in [0.05, 0.1) is 6.17 Å². The highest BCUT2D eigenvalue weighted by Crippen LogP contribution is 2.19. The third-order valence-electron chi connectivity index (χ3n) is 9.78. The van der Waals surface area contributed by atoms with E-state index < -0.39 is 0 Å². The number of unbranched alkanes of at least 4 members (excludes halogenated alkanes) is 22. The summed E-state index contributed by atoms with van der Waals surface area (Å²) in [6, 6.07) is 0. The van der Waals surface area contributed by atoms with E-state index >= 15 is 0 Å². The minimum atomic E-state index is 0.244. The lowest BCUT2D eigenvalue weighted by atomic mass is 10.1. The maximum absolute atomic E-state index is 12.4. The largest absolute Gasteiger partial charge is 0.355 e. The summed E-state index contributed by atoms with van der Waals surface area (Å²) < 4.78 is 0. The average Bonchev–Trinajstić information content (AvgIpc) is 3.39. The molecule has 0 spiro atoms. The van der Waals surface area contributed by atoms with Gasteiger partial charge in [-0.05, 0) is 71.3 Å². The molecule has 1 heterocycles. The number of nitrogens with zero attached hydrogens (tertiary/aromatic N) is 2. The number of nitrogens with one attached hydrogen (secondary N) is 1. The van der Waals surface area contributed by atoms with Crippen LogP contribution in [0.15, 0.2) is 24.3 Å². The second-order valence-electron chi connectivity index (χ2n) is 14.1. The van der Waals surface area contributed by atoms with Crippen LogP contribution in [0.3, 0.4) is 0 Å². The second-order valence-corrected chi connectivity index (χ2v) is 14.1. The molecule has 1 fully saturated rings. The first-order valence-corrected chi connectivity index (χ1v) is 20.2. The molecule has 0 radical (unpaired) electrons. The van der Waals surface area contributed by atoms with E-state index in [9.17, 15) is 4.79 Å². The van der Waals surface area contributed by atoms with E-state index in [0.29, 0.717) is 12.6 Å². The van der Waals surface area contributed by atoms with Crippen molar-refractivity contribution in [1.29, 1.82) is 0 Å². The Hall–Kier alpha value is -1.13. The van der Waals surface area contributed by atoms with Crippen molar-refractivity contribution in [2.45, 2.75) is 200 Å². The van der Waals surface area contributed by atoms with E-state index in [-0.39, 0.29) is 5.91 Å². The first-order valence-electron chi connectivity index (χ1n) is 20.2. The minimum absolute atomic E-state index is 0.244. The van der Waals surface area contributed by atoms with E-state index in [1.54, 1.807) is 0 Å². The lowest BCUT2D eigenvalue weighted by Gasteiger charge is -2.28. The van der Waals surface area contributed by atoms with Crippen LogP contribution in [0.25, 0.3) is 0 Å². The van der Waals surface area contributed by atoms with Gasteiger partial charge in [-0.25, -0.2) is 0 Å². The molecule has 1 saturated heterocycles. The molecule has 1 atom stereocenters. The monoisotopic (exact) mass is 630 g/mol. The smallest absolute Gasteiger partial charge is 0.220 e. The van der Waals surface area contributed by atoms with E-state index in [4.69, 9.17) is 0 Å². The van der Waals surface area contributed by atoms with Crippen LogP contribution in [-0.2, 0) is 4.79 Å². The first kappa shape index (κ1) is 41.9. The summed E-state index contributed by atoms with van der Waals surface area (Å²) in [6.45, 7) is 8.63. The van der Waals surface area contributed by atoms with E-state index in [1.807, 2.05) is 0 Å². The van der Waals surface area contributed by atoms with Crippen LogP contribution in [0.4, 0.5) is 0 Å². The van der Waals surface area contributed by atoms with Gasteiger partial charge < -0.3 is 5.32 Å². The van der Waals surface area contributed by atoms with E-state index in [0.717, 1.165) is 32.6 Å². The molecule has 264 valence electrons. The van der Waals surface area contributed by atoms with Gasteiger partial charge in [-0.2, -0.15) is 0 Å². The molecule has 0 aromatic carbocycles. The van der Waals surface area contributed by atoms with E-state index in [2.05, 4.69) is 60.3 Å². The van der Waals surface area contributed by atoms with E-state index in [1.165, 1.54) is 167 Å². The summed E-state index contributed by atoms with van der Waals surface area (Å²) in [7, 11) is 2.27. The fourth-order valence-electron chi connectivity index (χ4n) is 6.71. The number of hydrogen-bond acceptors (Lipinski definition) is 3. The molecule has 0 aromatic rings. The molecule has 0 aromatic heterocycles. The minimum Gasteiger partial charge on any atom is -0.355 e. The SMILES string of the molecule is CCCCCCCCC=CCCCCCCCC(=O)NCCN1CCN(C)C1CCCCCCCC=CCCCCCCCC. The number of rotatable bonds is 33. The van der Waals surface area contributed by atoms with Gasteiger partial charge in [0.2, 0.25) is 5.91 Å². The predicted molar refractivity (Wildman–Crippen MR) is 200 cm³/mol. The van der Waals surface area contributed by atoms with Gasteiger partial charge in [-0.3, -0.25) is 14.6 Å². The second kappa shape index (κ2) is 32.8. The topological polar surface area (TPSA) is 35.6 Å². The Morgan fingerprint density at radius 3 is 1.49 bits per heavy atom. The number of hydrogen-bond donors (Lipinski definition) is 1. The fourth-order valence-corrected chi connectivity index (χ4v) is 6.71. The molecule has 4 heteroatoms. The molecule has 45 heavy (non-hydrogen) atoms. The highest BCUT2D eigenvalue weighted by atomic mass is 16.1. The zero-order valence-corrected chi connectivity index (χ0v) is 30.8. The summed E-state index contributed by atoms with van der Waals surface area (Å²) in [5.74, 6) is 0.244. The molecule has 1 rings (SSSR count). The van der Waals surface area contributed by atoms with Crippen LogP contribution >= 0.6 is 0 Å². The number of carbonyl (C=O) groups excluding carboxylic acids is 1. The fraction of sp³-hybridized carbons (Fsp3) is 0.878. The molecule has 1 amide bonds. The molecule has 4 nitrogen and oxygen atoms in total. The molecule has 0 saturated carbocycles. The van der Waals surface area contributed by atoms with Crippen molar-refractivity contribution in [3.63, 3.8) is 0 Å². The third kappa shape index (κ3) is 26.6. The molecule has 1 N–H and O–H groups in total. The van der Waals surface area contributed by atoms with Gasteiger partial charge in [0.1, 0.15) is 0 Å². The quantitative estimate of drug-likeness (QED) is 0.0579. The molecule has 1 aliphatic rings. The van der Waals surface area contributed by atoms with Crippen molar-refractivity contribution in [2.75, 3.05) is 33.2 Å². The van der Waals surface area contributed by atoms with Crippen LogP contribution in [0, 0.1) is 0 Å². The van der Waals surface area contributed by atoms with Crippen LogP contribution in [0.2, 0.25) is 0 Å². The number of allylic oxidation sites excluding steroid dienone is 4. The molecule has 0 bridgehead atoms. The predicted octanol–water partition coefficient (Wildman–Crippen LogP) is 11.8. The Balaban J connectivity index is 1.94. The standard InChI is InChI=1S/C41H79N3O/c1-4-6-8-10-12-14-16-18-20-22-24-26-28-30-32-34-40(45)42-36-37-44-39-38-43(3)41(44)35-33-31-29-27-25-23-21-19-17-15-13-11-9-7-5-2/h18-21,41H,4-17,22-39H2,1-3H3,(H,42,45). The van der Waals surface area contributed by atoms with Crippen LogP contribution in [-0.4, -0.2) is 55.1 Å². The lowest BCUT2D eigenvalue weighted by Crippen LogP contribution is -2.41. The summed E-state index contributed by atoms with van der Waals surface area (Å²) in [4.78, 5) is 17.5. The Labute approximate surface area is 282 Å². The third-order valence-corrected chi connectivity index (χ3v) is 9.78. The molecule has 1 unspecified atom stereocenters. The first-order chi connectivity index (χ1) is 22.2. The van der Waals surface area contributed by atoms with Crippen molar-refractivity contribution in [1.82, 2.24) is 15.1 Å².